The molecule has 0 spiro atoms. The van der Waals surface area contributed by atoms with E-state index in [2.05, 4.69) is 51.1 Å². The monoisotopic (exact) mass is 262 g/mol. The van der Waals surface area contributed by atoms with E-state index in [1.807, 2.05) is 0 Å². The summed E-state index contributed by atoms with van der Waals surface area (Å²) in [6.45, 7) is 6.67. The van der Waals surface area contributed by atoms with Crippen LogP contribution < -0.4 is 0 Å². The highest BCUT2D eigenvalue weighted by molar-refractivity contribution is 14.0. The molecule has 11 heavy (non-hydrogen) atoms. The Bertz CT molecular complexity index is 196. The van der Waals surface area contributed by atoms with Crippen molar-refractivity contribution >= 4 is 24.0 Å². The first-order valence-corrected chi connectivity index (χ1v) is 3.66. The Morgan fingerprint density at radius 2 is 1.36 bits per heavy atom. The molecule has 0 amide bonds. The first kappa shape index (κ1) is 11.0. The molecule has 0 aliphatic carbocycles. The zero-order chi connectivity index (χ0) is 7.61. The summed E-state index contributed by atoms with van der Waals surface area (Å²) >= 11 is 0. The molecule has 0 aromatic heterocycles. The fraction of sp³-hybridized carbons (Fsp3) is 0.400. The van der Waals surface area contributed by atoms with Crippen LogP contribution in [0, 0.1) is 0 Å². The first-order valence-electron chi connectivity index (χ1n) is 3.66. The fourth-order valence-electron chi connectivity index (χ4n) is 0.938. The van der Waals surface area contributed by atoms with Gasteiger partial charge in [0.2, 0.25) is 0 Å². The second kappa shape index (κ2) is 4.10. The average Bonchev–Trinajstić information content (AvgIpc) is 1.88. The molecule has 62 valence electrons. The number of benzene rings is 1. The minimum absolute atomic E-state index is 0. The summed E-state index contributed by atoms with van der Waals surface area (Å²) in [6.07, 6.45) is 0. The summed E-state index contributed by atoms with van der Waals surface area (Å²) in [4.78, 5) is 0. The summed E-state index contributed by atoms with van der Waals surface area (Å²) in [5.41, 5.74) is 1.69. The van der Waals surface area contributed by atoms with E-state index in [0.29, 0.717) is 5.41 Å². The van der Waals surface area contributed by atoms with Gasteiger partial charge < -0.3 is 0 Å². The van der Waals surface area contributed by atoms with Crippen LogP contribution in [0.4, 0.5) is 0 Å². The van der Waals surface area contributed by atoms with Crippen molar-refractivity contribution < 1.29 is 0 Å². The van der Waals surface area contributed by atoms with E-state index in [9.17, 15) is 0 Å². The molecule has 0 nitrogen and oxygen atoms in total. The highest BCUT2D eigenvalue weighted by Crippen LogP contribution is 2.20. The fourth-order valence-corrected chi connectivity index (χ4v) is 0.938. The number of hydrogen-bond donors (Lipinski definition) is 0. The van der Waals surface area contributed by atoms with Crippen molar-refractivity contribution in [2.75, 3.05) is 0 Å². The molecule has 1 aromatic rings. The highest BCUT2D eigenvalue weighted by atomic mass is 127. The van der Waals surface area contributed by atoms with Gasteiger partial charge in [0, 0.05) is 0 Å². The van der Waals surface area contributed by atoms with E-state index in [-0.39, 0.29) is 24.0 Å². The third kappa shape index (κ3) is 3.23. The molecule has 0 atom stereocenters. The molecule has 1 rings (SSSR count). The Morgan fingerprint density at radius 3 is 1.64 bits per heavy atom. The second-order valence-corrected chi connectivity index (χ2v) is 3.62. The van der Waals surface area contributed by atoms with E-state index in [1.165, 1.54) is 5.56 Å². The van der Waals surface area contributed by atoms with Gasteiger partial charge in [-0.1, -0.05) is 51.1 Å². The van der Waals surface area contributed by atoms with Gasteiger partial charge in [0.05, 0.1) is 0 Å². The molecule has 1 heteroatoms. The molecule has 0 aliphatic rings. The first-order chi connectivity index (χ1) is 4.61. The third-order valence-electron chi connectivity index (χ3n) is 1.64. The lowest BCUT2D eigenvalue weighted by atomic mass is 9.87. The Labute approximate surface area is 86.0 Å². The minimum atomic E-state index is 0. The molecule has 0 saturated carbocycles. The van der Waals surface area contributed by atoms with Crippen LogP contribution in [-0.4, -0.2) is 0 Å². The molecule has 0 fully saturated rings. The zero-order valence-corrected chi connectivity index (χ0v) is 9.63. The standard InChI is InChI=1S/C10H14.HI/c1-10(2,3)9-7-5-4-6-8-9;/h4-8H,1-3H3;1H. The lowest BCUT2D eigenvalue weighted by molar-refractivity contribution is 0.590. The van der Waals surface area contributed by atoms with Crippen molar-refractivity contribution in [1.82, 2.24) is 0 Å². The van der Waals surface area contributed by atoms with Crippen molar-refractivity contribution in [2.45, 2.75) is 26.2 Å². The summed E-state index contributed by atoms with van der Waals surface area (Å²) in [5, 5.41) is 0. The molecule has 0 saturated heterocycles. The molecule has 0 radical (unpaired) electrons. The smallest absolute Gasteiger partial charge is 0.0132 e. The maximum absolute atomic E-state index is 2.22. The summed E-state index contributed by atoms with van der Waals surface area (Å²) in [7, 11) is 0. The Hall–Kier alpha value is -0.0500. The molecule has 0 heterocycles. The van der Waals surface area contributed by atoms with Crippen LogP contribution in [0.3, 0.4) is 0 Å². The zero-order valence-electron chi connectivity index (χ0n) is 7.29. The Morgan fingerprint density at radius 1 is 0.909 bits per heavy atom. The van der Waals surface area contributed by atoms with Crippen LogP contribution in [-0.2, 0) is 5.41 Å². The van der Waals surface area contributed by atoms with Crippen molar-refractivity contribution in [2.24, 2.45) is 0 Å². The number of halogens is 1. The Kier molecular flexibility index (Phi) is 4.08. The van der Waals surface area contributed by atoms with Crippen molar-refractivity contribution in [3.05, 3.63) is 35.9 Å². The average molecular weight is 262 g/mol. The van der Waals surface area contributed by atoms with Gasteiger partial charge in [-0.15, -0.1) is 24.0 Å². The van der Waals surface area contributed by atoms with Crippen LogP contribution >= 0.6 is 24.0 Å². The quantitative estimate of drug-likeness (QED) is 0.626. The highest BCUT2D eigenvalue weighted by Gasteiger charge is 2.11. The second-order valence-electron chi connectivity index (χ2n) is 3.62. The normalized spacial score (nSPS) is 10.5. The maximum Gasteiger partial charge on any atom is -0.0132 e. The topological polar surface area (TPSA) is 0 Å². The number of hydrogen-bond acceptors (Lipinski definition) is 0. The molecule has 0 unspecified atom stereocenters. The van der Waals surface area contributed by atoms with E-state index in [4.69, 9.17) is 0 Å². The third-order valence-corrected chi connectivity index (χ3v) is 1.64. The van der Waals surface area contributed by atoms with E-state index < -0.39 is 0 Å². The summed E-state index contributed by atoms with van der Waals surface area (Å²) < 4.78 is 0. The van der Waals surface area contributed by atoms with Gasteiger partial charge in [-0.2, -0.15) is 0 Å². The van der Waals surface area contributed by atoms with Crippen LogP contribution in [0.5, 0.6) is 0 Å². The van der Waals surface area contributed by atoms with E-state index in [1.54, 1.807) is 0 Å². The van der Waals surface area contributed by atoms with Crippen molar-refractivity contribution in [3.8, 4) is 0 Å². The van der Waals surface area contributed by atoms with Crippen molar-refractivity contribution in [1.29, 1.82) is 0 Å². The van der Waals surface area contributed by atoms with Crippen LogP contribution in [0.1, 0.15) is 26.3 Å². The maximum atomic E-state index is 2.22. The van der Waals surface area contributed by atoms with Crippen LogP contribution in [0.15, 0.2) is 30.3 Å². The molecule has 0 aliphatic heterocycles. The van der Waals surface area contributed by atoms with Gasteiger partial charge in [0.15, 0.2) is 0 Å². The molecular formula is C10H15I. The summed E-state index contributed by atoms with van der Waals surface area (Å²) in [5.74, 6) is 0. The van der Waals surface area contributed by atoms with E-state index in [0.717, 1.165) is 0 Å². The minimum Gasteiger partial charge on any atom is -0.107 e. The number of rotatable bonds is 0. The largest absolute Gasteiger partial charge is 0.107 e. The predicted molar refractivity (Wildman–Crippen MR) is 60.6 cm³/mol. The van der Waals surface area contributed by atoms with Gasteiger partial charge in [0.1, 0.15) is 0 Å². The van der Waals surface area contributed by atoms with Crippen LogP contribution in [0.25, 0.3) is 0 Å². The molecule has 1 aromatic carbocycles. The van der Waals surface area contributed by atoms with Crippen LogP contribution in [0.2, 0.25) is 0 Å². The SMILES string of the molecule is CC(C)(C)c1ccccc1.I. The van der Waals surface area contributed by atoms with Crippen molar-refractivity contribution in [3.63, 3.8) is 0 Å². The molecule has 0 N–H and O–H groups in total. The van der Waals surface area contributed by atoms with Gasteiger partial charge in [-0.05, 0) is 11.0 Å². The van der Waals surface area contributed by atoms with E-state index >= 15 is 0 Å². The predicted octanol–water partition coefficient (Wildman–Crippen LogP) is 3.60. The van der Waals surface area contributed by atoms with Gasteiger partial charge >= 0.3 is 0 Å². The van der Waals surface area contributed by atoms with Gasteiger partial charge in [-0.3, -0.25) is 0 Å². The molecule has 0 bridgehead atoms. The lowest BCUT2D eigenvalue weighted by Gasteiger charge is -2.18. The lowest BCUT2D eigenvalue weighted by Crippen LogP contribution is -2.10. The Balaban J connectivity index is 0.000001000. The van der Waals surface area contributed by atoms with Gasteiger partial charge in [-0.25, -0.2) is 0 Å². The van der Waals surface area contributed by atoms with Gasteiger partial charge in [0.25, 0.3) is 0 Å². The molecular weight excluding hydrogens is 247 g/mol. The summed E-state index contributed by atoms with van der Waals surface area (Å²) in [6, 6.07) is 10.6.